The maximum Gasteiger partial charge on any atom is 0.316 e. The summed E-state index contributed by atoms with van der Waals surface area (Å²) in [6, 6.07) is -6.61. The Morgan fingerprint density at radius 3 is 1.01 bits per heavy atom. The number of amides is 18. The second-order valence-corrected chi connectivity index (χ2v) is 49.7. The van der Waals surface area contributed by atoms with Crippen molar-refractivity contribution in [3.8, 4) is 0 Å². The fraction of sp³-hybridized carbons (Fsp3) is 0.750. The first-order valence-electron chi connectivity index (χ1n) is 47.9. The van der Waals surface area contributed by atoms with E-state index in [9.17, 15) is 86.3 Å². The second kappa shape index (κ2) is 41.5. The molecule has 18 atom stereocenters. The van der Waals surface area contributed by atoms with Crippen LogP contribution in [0.5, 0.6) is 0 Å². The average Bonchev–Trinajstić information content (AvgIpc) is 1.53. The smallest absolute Gasteiger partial charge is 0.316 e. The van der Waals surface area contributed by atoms with Gasteiger partial charge in [0, 0.05) is 75.0 Å². The van der Waals surface area contributed by atoms with Gasteiger partial charge in [0.15, 0.2) is 0 Å². The van der Waals surface area contributed by atoms with Crippen LogP contribution in [-0.2, 0) is 89.7 Å². The number of ketones is 3. The monoisotopic (exact) mass is 1990 g/mol. The van der Waals surface area contributed by atoms with Gasteiger partial charge in [-0.25, -0.2) is 14.4 Å². The van der Waals surface area contributed by atoms with E-state index < -0.39 is 226 Å². The molecule has 10 fully saturated rings. The van der Waals surface area contributed by atoms with Crippen LogP contribution < -0.4 is 70.4 Å². The lowest BCUT2D eigenvalue weighted by molar-refractivity contribution is -0.145. The fourth-order valence-corrected chi connectivity index (χ4v) is 21.4. The van der Waals surface area contributed by atoms with E-state index in [0.29, 0.717) is 52.4 Å². The van der Waals surface area contributed by atoms with E-state index in [1.165, 1.54) is 14.7 Å². The lowest BCUT2D eigenvalue weighted by atomic mass is 9.80. The largest absolute Gasteiger partial charge is 0.378 e. The van der Waals surface area contributed by atoms with Crippen molar-refractivity contribution in [2.45, 2.75) is 316 Å². The SMILES string of the molecule is CC(C)(C)NC(=O)[C@@H](NC(=O)N[C@H](C(=O)N1C[C@H]2[C@@H]([C@H]1C(=O)NC(CC1CCC1)C(=O)C(N)=O)C2(Cl)Cl)C(C)(C)C)C(C)(C)C.CC(C)(C)[C@H](NC(=O)N[C@H](C(=O)N1C[C@H]2[C@@H]([C@H]1C(=O)NC(CC1CC1)C(=O)C(N)=O)C2(Cl)Cl)C(C)(C)C)C(=O)N1Cc2ccccc2C1.CC(C)[C@H](NC(=O)N[C@H](C(=O)N1C[C@H]2[C@@H]([C@H]1C(=O)NC(CC1CC1)C(=O)C(N)=O)C2(C)C)C(C)(C)C)C(=O)N1CCOCC1. The van der Waals surface area contributed by atoms with Crippen molar-refractivity contribution in [2.24, 2.45) is 109 Å². The van der Waals surface area contributed by atoms with E-state index in [1.807, 2.05) is 135 Å². The number of carbonyl (C=O) groups is 18. The van der Waals surface area contributed by atoms with Gasteiger partial charge in [-0.1, -0.05) is 201 Å². The summed E-state index contributed by atoms with van der Waals surface area (Å²) in [6.07, 6.45) is 7.18. The Labute approximate surface area is 823 Å². The maximum atomic E-state index is 14.3. The Kier molecular flexibility index (Phi) is 33.3. The number of fused-ring (bicyclic) bond motifs is 4. The molecule has 0 spiro atoms. The van der Waals surface area contributed by atoms with Crippen LogP contribution in [0.4, 0.5) is 14.4 Å². The van der Waals surface area contributed by atoms with Gasteiger partial charge in [-0.15, -0.1) is 46.4 Å². The van der Waals surface area contributed by atoms with Gasteiger partial charge in [0.25, 0.3) is 17.7 Å². The summed E-state index contributed by atoms with van der Waals surface area (Å²) >= 11 is 26.0. The molecule has 5 aliphatic heterocycles. The van der Waals surface area contributed by atoms with Crippen LogP contribution in [0.3, 0.4) is 0 Å². The van der Waals surface area contributed by atoms with Crippen LogP contribution >= 0.6 is 46.4 Å². The number of piperidine rings is 3. The number of ether oxygens (including phenoxy) is 1. The topological polar surface area (TPSA) is 531 Å². The first-order chi connectivity index (χ1) is 63.0. The van der Waals surface area contributed by atoms with Crippen molar-refractivity contribution in [1.82, 2.24) is 77.7 Å². The Morgan fingerprint density at radius 1 is 0.401 bits per heavy atom. The van der Waals surface area contributed by atoms with Gasteiger partial charge < -0.3 is 99.6 Å². The molecule has 4 saturated heterocycles. The molecule has 0 bridgehead atoms. The van der Waals surface area contributed by atoms with Crippen LogP contribution in [0.2, 0.25) is 0 Å². The quantitative estimate of drug-likeness (QED) is 0.0326. The van der Waals surface area contributed by atoms with Crippen LogP contribution in [0.25, 0.3) is 0 Å². The Bertz CT molecular complexity index is 4810. The zero-order valence-electron chi connectivity index (χ0n) is 83.2. The van der Waals surface area contributed by atoms with Crippen LogP contribution in [0.1, 0.15) is 228 Å². The normalized spacial score (nSPS) is 25.1. The molecule has 5 heterocycles. The second-order valence-electron chi connectivity index (χ2n) is 46.8. The molecule has 1 aromatic carbocycles. The van der Waals surface area contributed by atoms with E-state index in [-0.39, 0.29) is 84.6 Å². The van der Waals surface area contributed by atoms with Gasteiger partial charge in [0.1, 0.15) is 63.0 Å². The predicted octanol–water partition coefficient (Wildman–Crippen LogP) is 5.42. The Morgan fingerprint density at radius 2 is 0.708 bits per heavy atom. The van der Waals surface area contributed by atoms with E-state index >= 15 is 0 Å². The number of morpholine rings is 1. The molecular formula is C96H146Cl4N18O19. The number of primary amides is 3. The molecule has 41 heteroatoms. The molecule has 18 amide bonds. The number of rotatable bonds is 31. The van der Waals surface area contributed by atoms with E-state index in [2.05, 4.69) is 53.2 Å². The number of nitrogens with one attached hydrogen (secondary N) is 10. The summed E-state index contributed by atoms with van der Waals surface area (Å²) in [5, 5.41) is 27.7. The molecule has 6 saturated carbocycles. The summed E-state index contributed by atoms with van der Waals surface area (Å²) in [5.74, 6) is -11.9. The molecular weight excluding hydrogens is 1850 g/mol. The number of hydrogen-bond donors (Lipinski definition) is 13. The lowest BCUT2D eigenvalue weighted by Crippen LogP contribution is -2.64. The molecule has 1 aromatic rings. The Hall–Kier alpha value is -9.20. The van der Waals surface area contributed by atoms with Gasteiger partial charge in [-0.3, -0.25) is 71.9 Å². The Balaban J connectivity index is 0.000000212. The van der Waals surface area contributed by atoms with Crippen molar-refractivity contribution in [1.29, 1.82) is 0 Å². The number of alkyl halides is 4. The standard InChI is InChI=1S/C34H46Cl2N6O6.C31H50Cl2N6O6.C31H50N6O7/c1-32(2,3)25(29(46)41-14-18-9-7-8-10-19(18)15-41)39-31(48)40-26(33(4,5)6)30(47)42-16-20-22(34(20,35)36)23(42)28(45)38-21(13-17-11-12-17)24(43)27(37)44;1-28(2,3)21(25(43)38-30(7,8)9)36-27(45)37-22(29(4,5)6)26(44)39-14-16-18(31(16,32)33)19(39)24(42)35-17(20(40)23(34)41)13-15-11-10-12-15;1-16(2)21(27(41)36-10-12-44-13-11-36)34-29(43)35-24(30(3,4)5)28(42)37-15-18-20(31(18,6)7)22(37)26(40)33-19(14-17-8-9-17)23(38)25(32)39/h7-10,17,20-23,25-26H,11-16H2,1-6H3,(H2,37,44)(H,38,45)(H2,39,40,48);15-19,21-22H,10-14H2,1-9H3,(H2,34,41)(H,35,42)(H,38,43)(H2,36,37,45);16-22,24H,8-15H2,1-7H3,(H2,32,39)(H,33,40)(H2,34,35,43)/t20-,21?,22-,23-,25+,26+;16-,17?,18-,19-,21+,22+;18-,19?,20-,21-,22-,24+/m000/s1. The van der Waals surface area contributed by atoms with Gasteiger partial charge in [-0.2, -0.15) is 0 Å². The minimum atomic E-state index is -1.25. The van der Waals surface area contributed by atoms with Gasteiger partial charge in [0.05, 0.1) is 31.3 Å². The zero-order chi connectivity index (χ0) is 103. The van der Waals surface area contributed by atoms with E-state index in [1.54, 1.807) is 51.3 Å². The molecule has 6 aliphatic carbocycles. The van der Waals surface area contributed by atoms with Crippen molar-refractivity contribution in [3.05, 3.63) is 35.4 Å². The highest BCUT2D eigenvalue weighted by molar-refractivity contribution is 6.52. The van der Waals surface area contributed by atoms with Crippen molar-refractivity contribution >= 4 is 153 Å². The van der Waals surface area contributed by atoms with Crippen LogP contribution in [-0.4, -0.2) is 263 Å². The molecule has 12 rings (SSSR count). The number of Topliss-reactive ketones (excluding diaryl/α,β-unsaturated/α-hetero) is 3. The number of benzene rings is 1. The average molecular weight is 2000 g/mol. The number of halogens is 4. The maximum absolute atomic E-state index is 14.3. The molecule has 762 valence electrons. The third kappa shape index (κ3) is 26.2. The third-order valence-corrected chi connectivity index (χ3v) is 30.8. The highest BCUT2D eigenvalue weighted by Gasteiger charge is 2.76. The molecule has 37 nitrogen and oxygen atoms in total. The fourth-order valence-electron chi connectivity index (χ4n) is 19.8. The van der Waals surface area contributed by atoms with Crippen LogP contribution in [0.15, 0.2) is 24.3 Å². The minimum Gasteiger partial charge on any atom is -0.378 e. The summed E-state index contributed by atoms with van der Waals surface area (Å²) in [7, 11) is 0. The highest BCUT2D eigenvalue weighted by atomic mass is 35.5. The molecule has 0 aromatic heterocycles. The first kappa shape index (κ1) is 110. The summed E-state index contributed by atoms with van der Waals surface area (Å²) < 4.78 is 2.84. The van der Waals surface area contributed by atoms with Gasteiger partial charge >= 0.3 is 18.1 Å². The number of carbonyl (C=O) groups excluding carboxylic acids is 18. The van der Waals surface area contributed by atoms with E-state index in [0.717, 1.165) is 56.1 Å². The summed E-state index contributed by atoms with van der Waals surface area (Å²) in [5.41, 5.74) is 13.5. The molecule has 11 aliphatic rings. The van der Waals surface area contributed by atoms with Crippen molar-refractivity contribution in [3.63, 3.8) is 0 Å². The number of nitrogens with zero attached hydrogens (tertiary/aromatic N) is 5. The summed E-state index contributed by atoms with van der Waals surface area (Å²) in [6.45, 7) is 43.5. The molecule has 137 heavy (non-hydrogen) atoms. The number of likely N-dealkylation sites (tertiary alicyclic amines) is 3. The minimum absolute atomic E-state index is 0.0557. The predicted molar refractivity (Wildman–Crippen MR) is 511 cm³/mol. The number of urea groups is 3. The van der Waals surface area contributed by atoms with Crippen molar-refractivity contribution in [2.75, 3.05) is 45.9 Å². The lowest BCUT2D eigenvalue weighted by Gasteiger charge is -2.38. The third-order valence-electron chi connectivity index (χ3n) is 28.6. The van der Waals surface area contributed by atoms with Crippen molar-refractivity contribution < 1.29 is 91.0 Å². The molecule has 3 unspecified atom stereocenters. The van der Waals surface area contributed by atoms with Gasteiger partial charge in [0.2, 0.25) is 70.5 Å². The van der Waals surface area contributed by atoms with Crippen LogP contribution in [0, 0.1) is 91.7 Å². The van der Waals surface area contributed by atoms with E-state index in [4.69, 9.17) is 68.3 Å². The first-order valence-corrected chi connectivity index (χ1v) is 49.4. The number of hydrogen-bond acceptors (Lipinski definition) is 19. The molecule has 0 radical (unpaired) electrons. The van der Waals surface area contributed by atoms with Gasteiger partial charge in [-0.05, 0) is 119 Å². The highest BCUT2D eigenvalue weighted by Crippen LogP contribution is 2.68. The summed E-state index contributed by atoms with van der Waals surface area (Å²) in [4.78, 5) is 245. The number of nitrogens with two attached hydrogens (primary N) is 3. The zero-order valence-corrected chi connectivity index (χ0v) is 86.2. The molecule has 16 N–H and O–H groups in total.